The fourth-order valence-corrected chi connectivity index (χ4v) is 2.60. The zero-order valence-corrected chi connectivity index (χ0v) is 12.8. The Balaban J connectivity index is 1.83. The molecule has 2 aromatic heterocycles. The Bertz CT molecular complexity index is 774. The smallest absolute Gasteiger partial charge is 0.329 e. The molecule has 4 N–H and O–H groups in total. The summed E-state index contributed by atoms with van der Waals surface area (Å²) in [6, 6.07) is 0. The van der Waals surface area contributed by atoms with Crippen LogP contribution in [0.2, 0.25) is 5.28 Å². The topological polar surface area (TPSA) is 146 Å². The van der Waals surface area contributed by atoms with Crippen molar-refractivity contribution < 1.29 is 28.9 Å². The molecule has 1 aliphatic heterocycles. The van der Waals surface area contributed by atoms with E-state index in [1.165, 1.54) is 10.9 Å². The standard InChI is InChI=1S/C12H13ClFN5O5/c13-12-17-9(15)7-10(18-12)19(3-16-7)11-6(14)8(22)4(24-11)1-23-2-5(20)21/h3-4,6,8,11,22H,1-2H2,(H,20,21)(H2,15,17,18)/t4-,6+,8-,11?/m1/s1. The number of aliphatic hydroxyl groups is 1. The number of carboxylic acid groups (broad SMARTS) is 1. The number of anilines is 1. The number of nitrogens with zero attached hydrogens (tertiary/aromatic N) is 4. The van der Waals surface area contributed by atoms with Gasteiger partial charge in [-0.15, -0.1) is 0 Å². The lowest BCUT2D eigenvalue weighted by Gasteiger charge is -2.15. The molecule has 0 spiro atoms. The molecule has 0 radical (unpaired) electrons. The van der Waals surface area contributed by atoms with Crippen LogP contribution in [0.1, 0.15) is 6.23 Å². The van der Waals surface area contributed by atoms with Crippen LogP contribution in [-0.2, 0) is 14.3 Å². The van der Waals surface area contributed by atoms with Gasteiger partial charge in [-0.2, -0.15) is 9.97 Å². The molecule has 12 heteroatoms. The molecule has 3 rings (SSSR count). The Labute approximate surface area is 139 Å². The van der Waals surface area contributed by atoms with Crippen molar-refractivity contribution in [3.05, 3.63) is 11.6 Å². The summed E-state index contributed by atoms with van der Waals surface area (Å²) in [5, 5.41) is 18.3. The van der Waals surface area contributed by atoms with Crippen molar-refractivity contribution >= 4 is 34.6 Å². The van der Waals surface area contributed by atoms with Crippen LogP contribution in [0, 0.1) is 0 Å². The predicted molar refractivity (Wildman–Crippen MR) is 78.0 cm³/mol. The fraction of sp³-hybridized carbons (Fsp3) is 0.500. The summed E-state index contributed by atoms with van der Waals surface area (Å²) in [6.45, 7) is -0.865. The second-order valence-corrected chi connectivity index (χ2v) is 5.45. The number of aromatic nitrogens is 4. The summed E-state index contributed by atoms with van der Waals surface area (Å²) in [5.74, 6) is -1.16. The van der Waals surface area contributed by atoms with Crippen LogP contribution in [0.25, 0.3) is 11.2 Å². The Morgan fingerprint density at radius 3 is 3.00 bits per heavy atom. The minimum atomic E-state index is -1.81. The van der Waals surface area contributed by atoms with Gasteiger partial charge in [0.15, 0.2) is 23.9 Å². The normalized spacial score (nSPS) is 27.0. The number of carbonyl (C=O) groups is 1. The molecule has 1 aliphatic rings. The number of ether oxygens (including phenoxy) is 2. The highest BCUT2D eigenvalue weighted by Gasteiger charge is 2.46. The molecular formula is C12H13ClFN5O5. The van der Waals surface area contributed by atoms with E-state index in [0.29, 0.717) is 0 Å². The number of aliphatic carboxylic acids is 1. The quantitative estimate of drug-likeness (QED) is 0.614. The lowest BCUT2D eigenvalue weighted by molar-refractivity contribution is -0.144. The van der Waals surface area contributed by atoms with Crippen molar-refractivity contribution in [2.45, 2.75) is 24.6 Å². The summed E-state index contributed by atoms with van der Waals surface area (Å²) in [5.41, 5.74) is 6.05. The molecule has 10 nitrogen and oxygen atoms in total. The van der Waals surface area contributed by atoms with E-state index in [-0.39, 0.29) is 28.9 Å². The van der Waals surface area contributed by atoms with Gasteiger partial charge in [0.25, 0.3) is 0 Å². The van der Waals surface area contributed by atoms with Crippen molar-refractivity contribution in [1.82, 2.24) is 19.5 Å². The van der Waals surface area contributed by atoms with Crippen LogP contribution in [-0.4, -0.2) is 67.3 Å². The summed E-state index contributed by atoms with van der Waals surface area (Å²) in [6.07, 6.45) is -4.35. The van der Waals surface area contributed by atoms with E-state index < -0.39 is 37.2 Å². The van der Waals surface area contributed by atoms with Gasteiger partial charge in [0.2, 0.25) is 5.28 Å². The van der Waals surface area contributed by atoms with Crippen molar-refractivity contribution in [2.75, 3.05) is 18.9 Å². The van der Waals surface area contributed by atoms with Gasteiger partial charge in [0.05, 0.1) is 12.9 Å². The van der Waals surface area contributed by atoms with Crippen LogP contribution < -0.4 is 5.73 Å². The van der Waals surface area contributed by atoms with Gasteiger partial charge >= 0.3 is 5.97 Å². The Kier molecular flexibility index (Phi) is 4.49. The summed E-state index contributed by atoms with van der Waals surface area (Å²) >= 11 is 5.75. The van der Waals surface area contributed by atoms with Gasteiger partial charge in [-0.05, 0) is 11.6 Å². The number of carboxylic acids is 1. The molecular weight excluding hydrogens is 349 g/mol. The van der Waals surface area contributed by atoms with Gasteiger partial charge in [0.1, 0.15) is 24.3 Å². The molecule has 0 amide bonds. The first-order valence-electron chi connectivity index (χ1n) is 6.81. The van der Waals surface area contributed by atoms with E-state index in [1.807, 2.05) is 0 Å². The molecule has 130 valence electrons. The van der Waals surface area contributed by atoms with Gasteiger partial charge in [-0.1, -0.05) is 0 Å². The number of rotatable bonds is 5. The number of hydrogen-bond acceptors (Lipinski definition) is 8. The average Bonchev–Trinajstić information content (AvgIpc) is 3.03. The van der Waals surface area contributed by atoms with Crippen molar-refractivity contribution in [1.29, 1.82) is 0 Å². The SMILES string of the molecule is Nc1nc(Cl)nc2c1ncn2C1O[C@H](COCC(=O)O)[C@@H](O)[C@@H]1F. The van der Waals surface area contributed by atoms with Crippen molar-refractivity contribution in [2.24, 2.45) is 0 Å². The molecule has 1 fully saturated rings. The zero-order chi connectivity index (χ0) is 17.4. The number of hydrogen-bond donors (Lipinski definition) is 3. The van der Waals surface area contributed by atoms with Crippen LogP contribution in [0.15, 0.2) is 6.33 Å². The first kappa shape index (κ1) is 16.8. The molecule has 0 bridgehead atoms. The molecule has 4 atom stereocenters. The number of aliphatic hydroxyl groups excluding tert-OH is 1. The number of alkyl halides is 1. The molecule has 0 saturated carbocycles. The minimum Gasteiger partial charge on any atom is -0.480 e. The molecule has 0 aliphatic carbocycles. The molecule has 24 heavy (non-hydrogen) atoms. The minimum absolute atomic E-state index is 0.0269. The largest absolute Gasteiger partial charge is 0.480 e. The molecule has 1 unspecified atom stereocenters. The zero-order valence-electron chi connectivity index (χ0n) is 12.0. The van der Waals surface area contributed by atoms with E-state index in [0.717, 1.165) is 0 Å². The lowest BCUT2D eigenvalue weighted by Crippen LogP contribution is -2.32. The summed E-state index contributed by atoms with van der Waals surface area (Å²) < 4.78 is 25.9. The van der Waals surface area contributed by atoms with Gasteiger partial charge in [-0.25, -0.2) is 14.2 Å². The van der Waals surface area contributed by atoms with E-state index in [4.69, 9.17) is 31.9 Å². The Morgan fingerprint density at radius 1 is 1.54 bits per heavy atom. The monoisotopic (exact) mass is 361 g/mol. The van der Waals surface area contributed by atoms with E-state index in [9.17, 15) is 14.3 Å². The van der Waals surface area contributed by atoms with Crippen LogP contribution in [0.3, 0.4) is 0 Å². The number of fused-ring (bicyclic) bond motifs is 1. The van der Waals surface area contributed by atoms with Crippen molar-refractivity contribution in [3.8, 4) is 0 Å². The number of nitrogen functional groups attached to an aromatic ring is 1. The third-order valence-electron chi connectivity index (χ3n) is 3.50. The van der Waals surface area contributed by atoms with E-state index in [2.05, 4.69) is 15.0 Å². The number of imidazole rings is 1. The molecule has 3 heterocycles. The maximum atomic E-state index is 14.4. The molecule has 0 aromatic carbocycles. The summed E-state index contributed by atoms with van der Waals surface area (Å²) in [7, 11) is 0. The third kappa shape index (κ3) is 2.98. The highest BCUT2D eigenvalue weighted by atomic mass is 35.5. The van der Waals surface area contributed by atoms with E-state index in [1.54, 1.807) is 0 Å². The van der Waals surface area contributed by atoms with Crippen LogP contribution >= 0.6 is 11.6 Å². The first-order chi connectivity index (χ1) is 11.4. The molecule has 2 aromatic rings. The maximum absolute atomic E-state index is 14.4. The van der Waals surface area contributed by atoms with Gasteiger partial charge in [0, 0.05) is 0 Å². The Morgan fingerprint density at radius 2 is 2.29 bits per heavy atom. The second-order valence-electron chi connectivity index (χ2n) is 5.11. The second kappa shape index (κ2) is 6.43. The lowest BCUT2D eigenvalue weighted by atomic mass is 10.1. The fourth-order valence-electron chi connectivity index (χ4n) is 2.42. The first-order valence-corrected chi connectivity index (χ1v) is 7.19. The Hall–Kier alpha value is -2.08. The summed E-state index contributed by atoms with van der Waals surface area (Å²) in [4.78, 5) is 22.1. The number of halogens is 2. The highest BCUT2D eigenvalue weighted by Crippen LogP contribution is 2.34. The maximum Gasteiger partial charge on any atom is 0.329 e. The van der Waals surface area contributed by atoms with Gasteiger partial charge < -0.3 is 25.4 Å². The van der Waals surface area contributed by atoms with Crippen LogP contribution in [0.5, 0.6) is 0 Å². The van der Waals surface area contributed by atoms with Crippen molar-refractivity contribution in [3.63, 3.8) is 0 Å². The van der Waals surface area contributed by atoms with Crippen LogP contribution in [0.4, 0.5) is 10.2 Å². The van der Waals surface area contributed by atoms with E-state index >= 15 is 0 Å². The number of nitrogens with two attached hydrogens (primary N) is 1. The predicted octanol–water partition coefficient (Wildman–Crippen LogP) is -0.241. The van der Waals surface area contributed by atoms with Gasteiger partial charge in [-0.3, -0.25) is 4.57 Å². The highest BCUT2D eigenvalue weighted by molar-refractivity contribution is 6.28. The molecule has 1 saturated heterocycles. The average molecular weight is 362 g/mol. The third-order valence-corrected chi connectivity index (χ3v) is 3.67.